The van der Waals surface area contributed by atoms with Gasteiger partial charge in [-0.2, -0.15) is 0 Å². The van der Waals surface area contributed by atoms with Crippen molar-refractivity contribution in [3.8, 4) is 0 Å². The summed E-state index contributed by atoms with van der Waals surface area (Å²) in [6.45, 7) is 5.28. The summed E-state index contributed by atoms with van der Waals surface area (Å²) in [7, 11) is 0. The normalized spacial score (nSPS) is 25.2. The first-order valence-electron chi connectivity index (χ1n) is 7.59. The van der Waals surface area contributed by atoms with Gasteiger partial charge >= 0.3 is 0 Å². The Hall–Kier alpha value is -0.410. The van der Waals surface area contributed by atoms with E-state index in [0.29, 0.717) is 12.6 Å². The molecule has 1 heterocycles. The smallest absolute Gasteiger partial charge is 0.164 e. The Morgan fingerprint density at radius 2 is 2.06 bits per heavy atom. The highest BCUT2D eigenvalue weighted by molar-refractivity contribution is 5.55. The van der Waals surface area contributed by atoms with Gasteiger partial charge in [0, 0.05) is 6.04 Å². The van der Waals surface area contributed by atoms with Crippen LogP contribution in [0.3, 0.4) is 0 Å². The van der Waals surface area contributed by atoms with E-state index in [4.69, 9.17) is 4.74 Å². The Morgan fingerprint density at radius 1 is 1.28 bits per heavy atom. The quantitative estimate of drug-likeness (QED) is 0.481. The molecule has 1 aliphatic heterocycles. The Kier molecular flexibility index (Phi) is 8.27. The number of rotatable bonds is 10. The summed E-state index contributed by atoms with van der Waals surface area (Å²) in [5.74, 6) is 0.795. The summed E-state index contributed by atoms with van der Waals surface area (Å²) < 4.78 is 5.29. The molecule has 0 saturated carbocycles. The van der Waals surface area contributed by atoms with Gasteiger partial charge in [-0.05, 0) is 18.8 Å². The Morgan fingerprint density at radius 3 is 2.72 bits per heavy atom. The van der Waals surface area contributed by atoms with E-state index in [0.717, 1.165) is 18.6 Å². The van der Waals surface area contributed by atoms with E-state index in [1.54, 1.807) is 0 Å². The lowest BCUT2D eigenvalue weighted by atomic mass is 9.96. The van der Waals surface area contributed by atoms with Crippen molar-refractivity contribution in [2.24, 2.45) is 5.92 Å². The fraction of sp³-hybridized carbons (Fsp3) is 0.933. The molecule has 0 aromatic carbocycles. The molecule has 0 aliphatic carbocycles. The van der Waals surface area contributed by atoms with Crippen molar-refractivity contribution in [1.29, 1.82) is 0 Å². The number of aldehydes is 1. The van der Waals surface area contributed by atoms with Gasteiger partial charge in [0.2, 0.25) is 0 Å². The minimum atomic E-state index is -0.362. The Bertz CT molecular complexity index is 221. The second-order valence-electron chi connectivity index (χ2n) is 5.64. The van der Waals surface area contributed by atoms with Crippen LogP contribution in [0.2, 0.25) is 0 Å². The highest BCUT2D eigenvalue weighted by Crippen LogP contribution is 2.18. The van der Waals surface area contributed by atoms with Crippen LogP contribution in [-0.4, -0.2) is 25.2 Å². The lowest BCUT2D eigenvalue weighted by Crippen LogP contribution is -2.31. The summed E-state index contributed by atoms with van der Waals surface area (Å²) in [4.78, 5) is 10.5. The highest BCUT2D eigenvalue weighted by Gasteiger charge is 2.23. The fourth-order valence-corrected chi connectivity index (χ4v) is 2.52. The van der Waals surface area contributed by atoms with Crippen molar-refractivity contribution in [3.63, 3.8) is 0 Å². The van der Waals surface area contributed by atoms with Crippen LogP contribution in [0.25, 0.3) is 0 Å². The zero-order chi connectivity index (χ0) is 13.2. The molecule has 106 valence electrons. The van der Waals surface area contributed by atoms with E-state index in [1.165, 1.54) is 44.9 Å². The predicted molar refractivity (Wildman–Crippen MR) is 74.5 cm³/mol. The number of ether oxygens (including phenoxy) is 1. The third-order valence-electron chi connectivity index (χ3n) is 3.81. The molecule has 1 saturated heterocycles. The van der Waals surface area contributed by atoms with Crippen molar-refractivity contribution < 1.29 is 9.53 Å². The minimum absolute atomic E-state index is 0.362. The molecule has 1 fully saturated rings. The van der Waals surface area contributed by atoms with Crippen LogP contribution >= 0.6 is 0 Å². The molecule has 1 rings (SSSR count). The highest BCUT2D eigenvalue weighted by atomic mass is 16.5. The van der Waals surface area contributed by atoms with Crippen LogP contribution in [0.5, 0.6) is 0 Å². The van der Waals surface area contributed by atoms with Crippen molar-refractivity contribution in [3.05, 3.63) is 0 Å². The summed E-state index contributed by atoms with van der Waals surface area (Å²) in [6.07, 6.45) is 11.0. The topological polar surface area (TPSA) is 38.3 Å². The van der Waals surface area contributed by atoms with Crippen LogP contribution < -0.4 is 5.32 Å². The van der Waals surface area contributed by atoms with Gasteiger partial charge in [-0.15, -0.1) is 0 Å². The second kappa shape index (κ2) is 9.51. The van der Waals surface area contributed by atoms with Gasteiger partial charge in [-0.3, -0.25) is 10.1 Å². The van der Waals surface area contributed by atoms with E-state index < -0.39 is 0 Å². The van der Waals surface area contributed by atoms with E-state index in [-0.39, 0.29) is 6.23 Å². The molecule has 3 atom stereocenters. The molecular weight excluding hydrogens is 226 g/mol. The lowest BCUT2D eigenvalue weighted by Gasteiger charge is -2.14. The van der Waals surface area contributed by atoms with E-state index in [2.05, 4.69) is 19.2 Å². The third-order valence-corrected chi connectivity index (χ3v) is 3.81. The van der Waals surface area contributed by atoms with Gasteiger partial charge in [0.15, 0.2) is 12.5 Å². The first-order chi connectivity index (χ1) is 8.76. The van der Waals surface area contributed by atoms with E-state index >= 15 is 0 Å². The molecule has 0 radical (unpaired) electrons. The van der Waals surface area contributed by atoms with Crippen molar-refractivity contribution in [2.75, 3.05) is 6.61 Å². The van der Waals surface area contributed by atoms with Crippen LogP contribution in [-0.2, 0) is 9.53 Å². The fourth-order valence-electron chi connectivity index (χ4n) is 2.52. The van der Waals surface area contributed by atoms with Gasteiger partial charge in [-0.1, -0.05) is 52.4 Å². The maximum absolute atomic E-state index is 10.5. The first-order valence-corrected chi connectivity index (χ1v) is 7.59. The second-order valence-corrected chi connectivity index (χ2v) is 5.64. The standard InChI is InChI=1S/C15H29NO2/c1-3-4-5-6-7-8-13(2)9-10-14-12-18-15(11-17)16-14/h11,13-16H,3-10,12H2,1-2H3. The first kappa shape index (κ1) is 15.6. The Balaban J connectivity index is 1.96. The van der Waals surface area contributed by atoms with Gasteiger partial charge < -0.3 is 4.74 Å². The minimum Gasteiger partial charge on any atom is -0.355 e. The largest absolute Gasteiger partial charge is 0.355 e. The van der Waals surface area contributed by atoms with Crippen LogP contribution in [0.15, 0.2) is 0 Å². The summed E-state index contributed by atoms with van der Waals surface area (Å²) in [5, 5.41) is 3.19. The lowest BCUT2D eigenvalue weighted by molar-refractivity contribution is -0.116. The SMILES string of the molecule is CCCCCCCC(C)CCC1COC(C=O)N1. The maximum Gasteiger partial charge on any atom is 0.164 e. The van der Waals surface area contributed by atoms with Gasteiger partial charge in [0.1, 0.15) is 0 Å². The third kappa shape index (κ3) is 6.50. The predicted octanol–water partition coefficient (Wildman–Crippen LogP) is 3.28. The van der Waals surface area contributed by atoms with E-state index in [9.17, 15) is 4.79 Å². The number of unbranched alkanes of at least 4 members (excludes halogenated alkanes) is 4. The van der Waals surface area contributed by atoms with Gasteiger partial charge in [0.25, 0.3) is 0 Å². The molecule has 1 N–H and O–H groups in total. The molecule has 0 aromatic heterocycles. The molecule has 1 aliphatic rings. The zero-order valence-corrected chi connectivity index (χ0v) is 12.0. The van der Waals surface area contributed by atoms with Gasteiger partial charge in [0.05, 0.1) is 6.61 Å². The molecule has 0 bridgehead atoms. The maximum atomic E-state index is 10.5. The van der Waals surface area contributed by atoms with Crippen molar-refractivity contribution >= 4 is 6.29 Å². The molecule has 0 amide bonds. The molecule has 3 unspecified atom stereocenters. The number of hydrogen-bond donors (Lipinski definition) is 1. The summed E-state index contributed by atoms with van der Waals surface area (Å²) >= 11 is 0. The monoisotopic (exact) mass is 255 g/mol. The molecule has 0 aromatic rings. The van der Waals surface area contributed by atoms with Crippen LogP contribution in [0, 0.1) is 5.92 Å². The molecule has 3 nitrogen and oxygen atoms in total. The van der Waals surface area contributed by atoms with Crippen LogP contribution in [0.4, 0.5) is 0 Å². The average molecular weight is 255 g/mol. The Labute approximate surface area is 112 Å². The zero-order valence-electron chi connectivity index (χ0n) is 12.0. The number of nitrogens with one attached hydrogen (secondary N) is 1. The molecule has 3 heteroatoms. The van der Waals surface area contributed by atoms with Gasteiger partial charge in [-0.25, -0.2) is 0 Å². The number of carbonyl (C=O) groups excluding carboxylic acids is 1. The van der Waals surface area contributed by atoms with E-state index in [1.807, 2.05) is 0 Å². The molecule has 18 heavy (non-hydrogen) atoms. The van der Waals surface area contributed by atoms with Crippen molar-refractivity contribution in [1.82, 2.24) is 5.32 Å². The molecular formula is C15H29NO2. The number of carbonyl (C=O) groups is 1. The summed E-state index contributed by atoms with van der Waals surface area (Å²) in [5.41, 5.74) is 0. The average Bonchev–Trinajstić information content (AvgIpc) is 2.84. The van der Waals surface area contributed by atoms with Crippen LogP contribution in [0.1, 0.15) is 65.2 Å². The van der Waals surface area contributed by atoms with Crippen molar-refractivity contribution in [2.45, 2.75) is 77.5 Å². The molecule has 0 spiro atoms. The summed E-state index contributed by atoms with van der Waals surface area (Å²) in [6, 6.07) is 0.378. The number of hydrogen-bond acceptors (Lipinski definition) is 3.